The van der Waals surface area contributed by atoms with E-state index in [4.69, 9.17) is 0 Å². The smallest absolute Gasteiger partial charge is 0.253 e. The third-order valence-electron chi connectivity index (χ3n) is 5.88. The summed E-state index contributed by atoms with van der Waals surface area (Å²) in [5.74, 6) is -2.07. The summed E-state index contributed by atoms with van der Waals surface area (Å²) in [6, 6.07) is 17.2. The van der Waals surface area contributed by atoms with Crippen molar-refractivity contribution in [1.29, 1.82) is 0 Å². The summed E-state index contributed by atoms with van der Waals surface area (Å²) in [5.41, 5.74) is 3.15. The van der Waals surface area contributed by atoms with E-state index >= 15 is 0 Å². The van der Waals surface area contributed by atoms with Crippen molar-refractivity contribution in [2.45, 2.75) is 4.90 Å². The van der Waals surface area contributed by atoms with Crippen LogP contribution >= 0.6 is 0 Å². The van der Waals surface area contributed by atoms with Crippen LogP contribution in [0.4, 0.5) is 8.78 Å². The Morgan fingerprint density at radius 3 is 2.32 bits per heavy atom. The van der Waals surface area contributed by atoms with Crippen molar-refractivity contribution in [3.63, 3.8) is 0 Å². The fourth-order valence-electron chi connectivity index (χ4n) is 4.06. The first-order chi connectivity index (χ1) is 16.3. The Hall–Kier alpha value is -3.63. The van der Waals surface area contributed by atoms with Crippen LogP contribution in [-0.4, -0.2) is 59.3 Å². The van der Waals surface area contributed by atoms with Gasteiger partial charge in [0.05, 0.1) is 11.0 Å². The molecule has 0 N–H and O–H groups in total. The average molecular weight is 483 g/mol. The van der Waals surface area contributed by atoms with E-state index in [1.54, 1.807) is 23.4 Å². The number of para-hydroxylation sites is 2. The summed E-state index contributed by atoms with van der Waals surface area (Å²) in [7, 11) is -4.21. The number of halogens is 2. The number of nitrogens with zero attached hydrogens (tertiary/aromatic N) is 4. The van der Waals surface area contributed by atoms with E-state index in [1.807, 2.05) is 41.0 Å². The highest BCUT2D eigenvalue weighted by atomic mass is 32.2. The van der Waals surface area contributed by atoms with Gasteiger partial charge in [-0.2, -0.15) is 4.31 Å². The Morgan fingerprint density at radius 2 is 1.59 bits per heavy atom. The van der Waals surface area contributed by atoms with Crippen LogP contribution in [0.2, 0.25) is 0 Å². The van der Waals surface area contributed by atoms with Gasteiger partial charge in [-0.3, -0.25) is 9.36 Å². The molecule has 0 unspecified atom stereocenters. The Balaban J connectivity index is 1.28. The number of carbonyl (C=O) groups excluding carboxylic acids is 1. The Kier molecular flexibility index (Phi) is 5.62. The number of amides is 1. The van der Waals surface area contributed by atoms with E-state index in [1.165, 1.54) is 0 Å². The van der Waals surface area contributed by atoms with Gasteiger partial charge in [-0.05, 0) is 54.6 Å². The zero-order chi connectivity index (χ0) is 23.9. The standard InChI is InChI=1S/C24H20F2N4O3S/c25-18-7-10-20(26)23(15-18)34(32,33)29-13-11-28(12-14-29)24(31)17-5-8-19(9-6-17)30-16-27-21-3-1-2-4-22(21)30/h1-10,15-16H,11-14H2. The molecule has 7 nitrogen and oxygen atoms in total. The van der Waals surface area contributed by atoms with Gasteiger partial charge in [0.25, 0.3) is 5.91 Å². The fourth-order valence-corrected chi connectivity index (χ4v) is 5.56. The van der Waals surface area contributed by atoms with Gasteiger partial charge in [0, 0.05) is 37.4 Å². The lowest BCUT2D eigenvalue weighted by molar-refractivity contribution is 0.0697. The van der Waals surface area contributed by atoms with Gasteiger partial charge in [-0.25, -0.2) is 22.2 Å². The third-order valence-corrected chi connectivity index (χ3v) is 7.80. The maximum Gasteiger partial charge on any atom is 0.253 e. The highest BCUT2D eigenvalue weighted by molar-refractivity contribution is 7.89. The van der Waals surface area contributed by atoms with E-state index in [0.29, 0.717) is 11.6 Å². The van der Waals surface area contributed by atoms with Crippen LogP contribution in [0.25, 0.3) is 16.7 Å². The van der Waals surface area contributed by atoms with Gasteiger partial charge in [0.2, 0.25) is 10.0 Å². The predicted molar refractivity (Wildman–Crippen MR) is 122 cm³/mol. The summed E-state index contributed by atoms with van der Waals surface area (Å²) in [6.07, 6.45) is 1.72. The van der Waals surface area contributed by atoms with Crippen molar-refractivity contribution in [1.82, 2.24) is 18.8 Å². The van der Waals surface area contributed by atoms with Crippen molar-refractivity contribution < 1.29 is 22.0 Å². The van der Waals surface area contributed by atoms with Crippen molar-refractivity contribution >= 4 is 27.0 Å². The number of rotatable bonds is 4. The van der Waals surface area contributed by atoms with Gasteiger partial charge < -0.3 is 4.90 Å². The van der Waals surface area contributed by atoms with Gasteiger partial charge >= 0.3 is 0 Å². The summed E-state index contributed by atoms with van der Waals surface area (Å²) in [6.45, 7) is 0.262. The highest BCUT2D eigenvalue weighted by Gasteiger charge is 2.32. The van der Waals surface area contributed by atoms with E-state index in [0.717, 1.165) is 33.2 Å². The van der Waals surface area contributed by atoms with E-state index in [-0.39, 0.29) is 32.1 Å². The molecule has 5 rings (SSSR count). The Labute approximate surface area is 194 Å². The molecule has 1 amide bonds. The first-order valence-corrected chi connectivity index (χ1v) is 12.1. The highest BCUT2D eigenvalue weighted by Crippen LogP contribution is 2.23. The number of fused-ring (bicyclic) bond motifs is 1. The van der Waals surface area contributed by atoms with Crippen LogP contribution in [-0.2, 0) is 10.0 Å². The SMILES string of the molecule is O=C(c1ccc(-n2cnc3ccccc32)cc1)N1CCN(S(=O)(=O)c2cc(F)ccc2F)CC1. The molecule has 4 aromatic rings. The molecule has 1 aliphatic rings. The van der Waals surface area contributed by atoms with Crippen LogP contribution in [0.1, 0.15) is 10.4 Å². The number of carbonyl (C=O) groups is 1. The number of benzene rings is 3. The van der Waals surface area contributed by atoms with E-state index in [9.17, 15) is 22.0 Å². The average Bonchev–Trinajstić information content (AvgIpc) is 3.29. The summed E-state index contributed by atoms with van der Waals surface area (Å²) in [4.78, 5) is 18.2. The summed E-state index contributed by atoms with van der Waals surface area (Å²) >= 11 is 0. The lowest BCUT2D eigenvalue weighted by atomic mass is 10.1. The van der Waals surface area contributed by atoms with Crippen molar-refractivity contribution in [3.8, 4) is 5.69 Å². The van der Waals surface area contributed by atoms with Gasteiger partial charge in [-0.15, -0.1) is 0 Å². The Bertz CT molecular complexity index is 1480. The second-order valence-corrected chi connectivity index (χ2v) is 9.83. The molecule has 1 saturated heterocycles. The zero-order valence-corrected chi connectivity index (χ0v) is 18.8. The first-order valence-electron chi connectivity index (χ1n) is 10.6. The molecule has 34 heavy (non-hydrogen) atoms. The minimum atomic E-state index is -4.21. The molecule has 1 aliphatic heterocycles. The maximum atomic E-state index is 14.0. The predicted octanol–water partition coefficient (Wildman–Crippen LogP) is 3.45. The third kappa shape index (κ3) is 3.95. The largest absolute Gasteiger partial charge is 0.336 e. The van der Waals surface area contributed by atoms with Crippen LogP contribution in [0.5, 0.6) is 0 Å². The zero-order valence-electron chi connectivity index (χ0n) is 17.9. The minimum Gasteiger partial charge on any atom is -0.336 e. The van der Waals surface area contributed by atoms with Gasteiger partial charge in [-0.1, -0.05) is 12.1 Å². The van der Waals surface area contributed by atoms with E-state index < -0.39 is 26.6 Å². The first kappa shape index (κ1) is 22.2. The molecular weight excluding hydrogens is 462 g/mol. The van der Waals surface area contributed by atoms with Crippen molar-refractivity contribution in [2.75, 3.05) is 26.2 Å². The molecule has 1 fully saturated rings. The second-order valence-electron chi connectivity index (χ2n) is 7.92. The maximum absolute atomic E-state index is 14.0. The molecule has 10 heteroatoms. The molecule has 1 aromatic heterocycles. The number of hydrogen-bond acceptors (Lipinski definition) is 4. The van der Waals surface area contributed by atoms with Gasteiger partial charge in [0.15, 0.2) is 0 Å². The number of sulfonamides is 1. The van der Waals surface area contributed by atoms with Crippen molar-refractivity contribution in [3.05, 3.63) is 90.3 Å². The van der Waals surface area contributed by atoms with Crippen LogP contribution in [0.15, 0.2) is 78.0 Å². The van der Waals surface area contributed by atoms with Crippen LogP contribution in [0.3, 0.4) is 0 Å². The molecular formula is C24H20F2N4O3S. The lowest BCUT2D eigenvalue weighted by Gasteiger charge is -2.34. The second kappa shape index (κ2) is 8.62. The molecule has 0 aliphatic carbocycles. The number of aromatic nitrogens is 2. The van der Waals surface area contributed by atoms with E-state index in [2.05, 4.69) is 4.98 Å². The molecule has 0 saturated carbocycles. The molecule has 3 aromatic carbocycles. The fraction of sp³-hybridized carbons (Fsp3) is 0.167. The van der Waals surface area contributed by atoms with Crippen LogP contribution in [0, 0.1) is 11.6 Å². The number of piperazine rings is 1. The molecule has 0 radical (unpaired) electrons. The normalized spacial score (nSPS) is 15.1. The molecule has 0 atom stereocenters. The monoisotopic (exact) mass is 482 g/mol. The lowest BCUT2D eigenvalue weighted by Crippen LogP contribution is -2.50. The van der Waals surface area contributed by atoms with Crippen molar-refractivity contribution in [2.24, 2.45) is 0 Å². The van der Waals surface area contributed by atoms with Crippen LogP contribution < -0.4 is 0 Å². The summed E-state index contributed by atoms with van der Waals surface area (Å²) in [5, 5.41) is 0. The number of hydrogen-bond donors (Lipinski definition) is 0. The van der Waals surface area contributed by atoms with Gasteiger partial charge in [0.1, 0.15) is 22.9 Å². The molecule has 0 bridgehead atoms. The summed E-state index contributed by atoms with van der Waals surface area (Å²) < 4.78 is 56.0. The minimum absolute atomic E-state index is 0.0108. The number of imidazole rings is 1. The molecule has 174 valence electrons. The molecule has 2 heterocycles. The Morgan fingerprint density at radius 1 is 0.882 bits per heavy atom. The molecule has 0 spiro atoms. The topological polar surface area (TPSA) is 75.5 Å². The quantitative estimate of drug-likeness (QED) is 0.447.